The van der Waals surface area contributed by atoms with Gasteiger partial charge in [-0.05, 0) is 44.6 Å². The normalized spacial score (nSPS) is 23.1. The van der Waals surface area contributed by atoms with Crippen molar-refractivity contribution >= 4 is 29.7 Å². The number of carbonyl (C=O) groups is 5. The molecule has 3 rings (SSSR count). The Bertz CT molecular complexity index is 1060. The van der Waals surface area contributed by atoms with Crippen LogP contribution in [-0.4, -0.2) is 83.4 Å². The Morgan fingerprint density at radius 1 is 1.08 bits per heavy atom. The van der Waals surface area contributed by atoms with E-state index >= 15 is 0 Å². The largest absolute Gasteiger partial charge is 0.467 e. The summed E-state index contributed by atoms with van der Waals surface area (Å²) in [5.74, 6) is -2.39. The van der Waals surface area contributed by atoms with Crippen LogP contribution >= 0.6 is 0 Å². The molecule has 0 bridgehead atoms. The lowest BCUT2D eigenvalue weighted by Gasteiger charge is -2.41. The second kappa shape index (κ2) is 13.1. The molecule has 2 aliphatic rings. The number of amides is 3. The first kappa shape index (κ1) is 30.1. The first-order valence-corrected chi connectivity index (χ1v) is 13.8. The molecule has 39 heavy (non-hydrogen) atoms. The summed E-state index contributed by atoms with van der Waals surface area (Å²) in [7, 11) is 1.19. The molecule has 0 spiro atoms. The smallest absolute Gasteiger partial charge is 0.332 e. The molecule has 10 nitrogen and oxygen atoms in total. The van der Waals surface area contributed by atoms with Gasteiger partial charge < -0.3 is 24.6 Å². The van der Waals surface area contributed by atoms with E-state index in [1.54, 1.807) is 9.80 Å². The third-order valence-corrected chi connectivity index (χ3v) is 7.93. The van der Waals surface area contributed by atoms with E-state index in [1.165, 1.54) is 21.0 Å². The summed E-state index contributed by atoms with van der Waals surface area (Å²) in [5.41, 5.74) is -0.442. The third kappa shape index (κ3) is 6.59. The van der Waals surface area contributed by atoms with Crippen molar-refractivity contribution < 1.29 is 33.4 Å². The Morgan fingerprint density at radius 3 is 2.38 bits per heavy atom. The van der Waals surface area contributed by atoms with E-state index in [9.17, 15) is 24.0 Å². The van der Waals surface area contributed by atoms with Crippen molar-refractivity contribution in [3.8, 4) is 0 Å². The first-order chi connectivity index (χ1) is 18.5. The number of nitrogens with zero attached hydrogens (tertiary/aromatic N) is 2. The molecule has 0 aliphatic carbocycles. The lowest BCUT2D eigenvalue weighted by Crippen LogP contribution is -2.64. The minimum atomic E-state index is -1.30. The molecule has 1 aromatic carbocycles. The molecule has 0 aromatic heterocycles. The average Bonchev–Trinajstić information content (AvgIpc) is 3.58. The first-order valence-electron chi connectivity index (χ1n) is 13.8. The zero-order valence-corrected chi connectivity index (χ0v) is 23.6. The molecule has 2 fully saturated rings. The number of hydrogen-bond donors (Lipinski definition) is 1. The molecule has 0 saturated carbocycles. The van der Waals surface area contributed by atoms with Crippen molar-refractivity contribution in [2.24, 2.45) is 5.92 Å². The Kier molecular flexibility index (Phi) is 10.1. The van der Waals surface area contributed by atoms with Crippen LogP contribution in [0.5, 0.6) is 0 Å². The zero-order valence-electron chi connectivity index (χ0n) is 23.6. The van der Waals surface area contributed by atoms with Gasteiger partial charge in [-0.25, -0.2) is 4.79 Å². The third-order valence-electron chi connectivity index (χ3n) is 7.93. The quantitative estimate of drug-likeness (QED) is 0.449. The van der Waals surface area contributed by atoms with Crippen LogP contribution in [-0.2, 0) is 39.9 Å². The predicted octanol–water partition coefficient (Wildman–Crippen LogP) is 2.24. The Hall–Kier alpha value is -3.43. The number of carbonyl (C=O) groups excluding carboxylic acids is 5. The topological polar surface area (TPSA) is 122 Å². The van der Waals surface area contributed by atoms with Crippen molar-refractivity contribution in [3.63, 3.8) is 0 Å². The number of nitrogens with one attached hydrogen (secondary N) is 1. The van der Waals surface area contributed by atoms with Crippen molar-refractivity contribution in [1.29, 1.82) is 0 Å². The van der Waals surface area contributed by atoms with E-state index in [4.69, 9.17) is 9.47 Å². The fourth-order valence-electron chi connectivity index (χ4n) is 5.66. The van der Waals surface area contributed by atoms with E-state index < -0.39 is 41.6 Å². The van der Waals surface area contributed by atoms with Crippen molar-refractivity contribution in [2.75, 3.05) is 20.2 Å². The van der Waals surface area contributed by atoms with Gasteiger partial charge >= 0.3 is 11.9 Å². The second-order valence-corrected chi connectivity index (χ2v) is 10.6. The molecule has 2 aliphatic heterocycles. The summed E-state index contributed by atoms with van der Waals surface area (Å²) in [6, 6.07) is 7.50. The number of likely N-dealkylation sites (tertiary alicyclic amines) is 2. The SMILES string of the molecule is CC[C@H](C)C(=O)N1CCC[C@H]1C(=O)N1CCCC1(Cc1ccccc1)C(=O)N[C@H](C(=O)OC)[C@@H](C)OC(C)=O. The molecule has 2 saturated heterocycles. The molecule has 2 heterocycles. The zero-order chi connectivity index (χ0) is 28.7. The Balaban J connectivity index is 1.98. The number of methoxy groups -OCH3 is 1. The fraction of sp³-hybridized carbons (Fsp3) is 0.621. The van der Waals surface area contributed by atoms with E-state index in [-0.39, 0.29) is 24.2 Å². The average molecular weight is 544 g/mol. The lowest BCUT2D eigenvalue weighted by atomic mass is 9.86. The highest BCUT2D eigenvalue weighted by molar-refractivity contribution is 5.97. The van der Waals surface area contributed by atoms with Gasteiger partial charge in [0.05, 0.1) is 7.11 Å². The van der Waals surface area contributed by atoms with Crippen LogP contribution in [0.2, 0.25) is 0 Å². The number of rotatable bonds is 10. The van der Waals surface area contributed by atoms with Crippen molar-refractivity contribution in [1.82, 2.24) is 15.1 Å². The summed E-state index contributed by atoms with van der Waals surface area (Å²) in [4.78, 5) is 68.9. The molecule has 10 heteroatoms. The van der Waals surface area contributed by atoms with Gasteiger partial charge in [0.1, 0.15) is 17.7 Å². The van der Waals surface area contributed by atoms with Gasteiger partial charge in [-0.15, -0.1) is 0 Å². The highest BCUT2D eigenvalue weighted by atomic mass is 16.6. The molecule has 3 amide bonds. The van der Waals surface area contributed by atoms with Crippen LogP contribution in [0, 0.1) is 5.92 Å². The molecule has 1 N–H and O–H groups in total. The highest BCUT2D eigenvalue weighted by Gasteiger charge is 2.53. The molecule has 0 radical (unpaired) electrons. The maximum absolute atomic E-state index is 14.2. The van der Waals surface area contributed by atoms with E-state index in [1.807, 2.05) is 44.2 Å². The molecule has 1 unspecified atom stereocenters. The fourth-order valence-corrected chi connectivity index (χ4v) is 5.66. The van der Waals surface area contributed by atoms with E-state index in [2.05, 4.69) is 5.32 Å². The highest BCUT2D eigenvalue weighted by Crippen LogP contribution is 2.36. The molecule has 5 atom stereocenters. The van der Waals surface area contributed by atoms with Crippen molar-refractivity contribution in [3.05, 3.63) is 35.9 Å². The number of benzene rings is 1. The van der Waals surface area contributed by atoms with Crippen LogP contribution < -0.4 is 5.32 Å². The predicted molar refractivity (Wildman–Crippen MR) is 143 cm³/mol. The van der Waals surface area contributed by atoms with Gasteiger partial charge in [0.25, 0.3) is 0 Å². The van der Waals surface area contributed by atoms with Gasteiger partial charge in [0.2, 0.25) is 17.7 Å². The summed E-state index contributed by atoms with van der Waals surface area (Å²) < 4.78 is 10.1. The van der Waals surface area contributed by atoms with Gasteiger partial charge in [-0.3, -0.25) is 19.2 Å². The van der Waals surface area contributed by atoms with Crippen molar-refractivity contribution in [2.45, 2.75) is 89.9 Å². The summed E-state index contributed by atoms with van der Waals surface area (Å²) in [6.45, 7) is 7.39. The monoisotopic (exact) mass is 543 g/mol. The molecular weight excluding hydrogens is 502 g/mol. The van der Waals surface area contributed by atoms with Crippen LogP contribution in [0.25, 0.3) is 0 Å². The Labute approximate surface area is 230 Å². The number of esters is 2. The standard InChI is InChI=1S/C29H41N3O7/c1-6-19(2)25(34)31-16-10-14-23(31)26(35)32-17-11-15-29(32,18-22-12-8-7-9-13-22)28(37)30-24(27(36)38-5)20(3)39-21(4)33/h7-9,12-13,19-20,23-24H,6,10-11,14-18H2,1-5H3,(H,30,37)/t19-,20+,23-,24-,29?/m0/s1. The number of hydrogen-bond acceptors (Lipinski definition) is 7. The van der Waals surface area contributed by atoms with E-state index in [0.717, 1.165) is 5.56 Å². The van der Waals surface area contributed by atoms with Gasteiger partial charge in [0.15, 0.2) is 6.04 Å². The van der Waals surface area contributed by atoms with Crippen LogP contribution in [0.4, 0.5) is 0 Å². The van der Waals surface area contributed by atoms with Gasteiger partial charge in [0, 0.05) is 32.4 Å². The maximum atomic E-state index is 14.2. The minimum Gasteiger partial charge on any atom is -0.467 e. The number of ether oxygens (including phenoxy) is 2. The maximum Gasteiger partial charge on any atom is 0.332 e. The minimum absolute atomic E-state index is 0.0494. The van der Waals surface area contributed by atoms with Gasteiger partial charge in [-0.2, -0.15) is 0 Å². The van der Waals surface area contributed by atoms with E-state index in [0.29, 0.717) is 45.2 Å². The summed E-state index contributed by atoms with van der Waals surface area (Å²) in [6.07, 6.45) is 2.13. The van der Waals surface area contributed by atoms with Gasteiger partial charge in [-0.1, -0.05) is 44.2 Å². The van der Waals surface area contributed by atoms with Crippen LogP contribution in [0.15, 0.2) is 30.3 Å². The molecular formula is C29H41N3O7. The Morgan fingerprint density at radius 2 is 1.77 bits per heavy atom. The summed E-state index contributed by atoms with van der Waals surface area (Å²) in [5, 5.41) is 2.75. The molecule has 1 aromatic rings. The molecule has 214 valence electrons. The lowest BCUT2D eigenvalue weighted by molar-refractivity contribution is -0.159. The second-order valence-electron chi connectivity index (χ2n) is 10.6. The summed E-state index contributed by atoms with van der Waals surface area (Å²) >= 11 is 0. The van der Waals surface area contributed by atoms with Crippen LogP contribution in [0.1, 0.15) is 65.4 Å². The van der Waals surface area contributed by atoms with Crippen LogP contribution in [0.3, 0.4) is 0 Å².